The van der Waals surface area contributed by atoms with Gasteiger partial charge in [-0.2, -0.15) is 0 Å². The molecule has 1 rings (SSSR count). The van der Waals surface area contributed by atoms with E-state index in [1.165, 1.54) is 0 Å². The summed E-state index contributed by atoms with van der Waals surface area (Å²) in [5, 5.41) is 12.2. The fraction of sp³-hybridized carbons (Fsp3) is 0.500. The standard InChI is InChI=1S/C14H21Cl2N3O2/c1-2-19(6-7-20)5-3-4-13(21)18-14-11(15)8-10(17)9-12(14)16/h8-9,20H,2-7,17H2,1H3,(H,18,21). The van der Waals surface area contributed by atoms with E-state index >= 15 is 0 Å². The lowest BCUT2D eigenvalue weighted by molar-refractivity contribution is -0.116. The topological polar surface area (TPSA) is 78.6 Å². The van der Waals surface area contributed by atoms with Crippen molar-refractivity contribution < 1.29 is 9.90 Å². The number of benzene rings is 1. The lowest BCUT2D eigenvalue weighted by Gasteiger charge is -2.18. The second-order valence-electron chi connectivity index (χ2n) is 4.67. The minimum atomic E-state index is -0.149. The molecule has 0 radical (unpaired) electrons. The van der Waals surface area contributed by atoms with Crippen LogP contribution in [0.2, 0.25) is 10.0 Å². The van der Waals surface area contributed by atoms with Crippen LogP contribution in [-0.4, -0.2) is 42.2 Å². The molecule has 21 heavy (non-hydrogen) atoms. The molecule has 0 aliphatic heterocycles. The fourth-order valence-electron chi connectivity index (χ4n) is 1.95. The van der Waals surface area contributed by atoms with Crippen LogP contribution in [0.5, 0.6) is 0 Å². The summed E-state index contributed by atoms with van der Waals surface area (Å²) in [4.78, 5) is 14.0. The SMILES string of the molecule is CCN(CCO)CCCC(=O)Nc1c(Cl)cc(N)cc1Cl. The first-order chi connectivity index (χ1) is 9.97. The minimum Gasteiger partial charge on any atom is -0.399 e. The van der Waals surface area contributed by atoms with Crippen molar-refractivity contribution in [3.8, 4) is 0 Å². The Bertz CT molecular complexity index is 460. The zero-order chi connectivity index (χ0) is 15.8. The molecular formula is C14H21Cl2N3O2. The van der Waals surface area contributed by atoms with Gasteiger partial charge in [-0.25, -0.2) is 0 Å². The number of hydrogen-bond acceptors (Lipinski definition) is 4. The van der Waals surface area contributed by atoms with Gasteiger partial charge in [0.2, 0.25) is 5.91 Å². The largest absolute Gasteiger partial charge is 0.399 e. The summed E-state index contributed by atoms with van der Waals surface area (Å²) in [6, 6.07) is 3.09. The predicted molar refractivity (Wildman–Crippen MR) is 87.9 cm³/mol. The number of likely N-dealkylation sites (N-methyl/N-ethyl adjacent to an activating group) is 1. The number of halogens is 2. The first-order valence-corrected chi connectivity index (χ1v) is 7.61. The van der Waals surface area contributed by atoms with Gasteiger partial charge in [0.25, 0.3) is 0 Å². The van der Waals surface area contributed by atoms with Gasteiger partial charge in [0.05, 0.1) is 22.3 Å². The molecule has 0 spiro atoms. The van der Waals surface area contributed by atoms with E-state index in [1.54, 1.807) is 12.1 Å². The molecule has 0 bridgehead atoms. The van der Waals surface area contributed by atoms with E-state index in [4.69, 9.17) is 34.0 Å². The molecule has 1 amide bonds. The highest BCUT2D eigenvalue weighted by molar-refractivity contribution is 6.40. The predicted octanol–water partition coefficient (Wildman–Crippen LogP) is 2.61. The average Bonchev–Trinajstić information content (AvgIpc) is 2.41. The monoisotopic (exact) mass is 333 g/mol. The molecule has 5 nitrogen and oxygen atoms in total. The Hall–Kier alpha value is -1.01. The molecule has 0 saturated carbocycles. The number of hydrogen-bond donors (Lipinski definition) is 3. The lowest BCUT2D eigenvalue weighted by Crippen LogP contribution is -2.28. The smallest absolute Gasteiger partial charge is 0.224 e. The molecule has 0 heterocycles. The Morgan fingerprint density at radius 3 is 2.48 bits per heavy atom. The van der Waals surface area contributed by atoms with Crippen molar-refractivity contribution in [2.45, 2.75) is 19.8 Å². The minimum absolute atomic E-state index is 0.122. The van der Waals surface area contributed by atoms with E-state index in [-0.39, 0.29) is 12.5 Å². The molecule has 1 aromatic rings. The van der Waals surface area contributed by atoms with Crippen molar-refractivity contribution >= 4 is 40.5 Å². The molecule has 1 aromatic carbocycles. The van der Waals surface area contributed by atoms with Gasteiger partial charge in [-0.05, 0) is 31.6 Å². The maximum atomic E-state index is 11.9. The average molecular weight is 334 g/mol. The summed E-state index contributed by atoms with van der Waals surface area (Å²) in [6.07, 6.45) is 1.06. The molecule has 0 aliphatic carbocycles. The van der Waals surface area contributed by atoms with Crippen LogP contribution in [-0.2, 0) is 4.79 Å². The number of carbonyl (C=O) groups excluding carboxylic acids is 1. The van der Waals surface area contributed by atoms with Gasteiger partial charge < -0.3 is 21.1 Å². The third-order valence-corrected chi connectivity index (χ3v) is 3.67. The van der Waals surface area contributed by atoms with Gasteiger partial charge in [-0.1, -0.05) is 30.1 Å². The number of nitrogen functional groups attached to an aromatic ring is 1. The highest BCUT2D eigenvalue weighted by atomic mass is 35.5. The van der Waals surface area contributed by atoms with Gasteiger partial charge in [-0.3, -0.25) is 4.79 Å². The van der Waals surface area contributed by atoms with Crippen molar-refractivity contribution in [3.05, 3.63) is 22.2 Å². The molecular weight excluding hydrogens is 313 g/mol. The molecule has 0 atom stereocenters. The molecule has 0 saturated heterocycles. The molecule has 0 aromatic heterocycles. The first-order valence-electron chi connectivity index (χ1n) is 6.85. The summed E-state index contributed by atoms with van der Waals surface area (Å²) < 4.78 is 0. The van der Waals surface area contributed by atoms with Crippen molar-refractivity contribution in [1.82, 2.24) is 4.90 Å². The summed E-state index contributed by atoms with van der Waals surface area (Å²) in [5.41, 5.74) is 6.45. The molecule has 0 fully saturated rings. The number of nitrogens with two attached hydrogens (primary N) is 1. The highest BCUT2D eigenvalue weighted by Gasteiger charge is 2.11. The van der Waals surface area contributed by atoms with Crippen molar-refractivity contribution in [2.75, 3.05) is 37.3 Å². The van der Waals surface area contributed by atoms with E-state index in [0.29, 0.717) is 40.8 Å². The van der Waals surface area contributed by atoms with Crippen LogP contribution in [0, 0.1) is 0 Å². The van der Waals surface area contributed by atoms with E-state index in [1.807, 2.05) is 6.92 Å². The first kappa shape index (κ1) is 18.0. The zero-order valence-corrected chi connectivity index (χ0v) is 13.5. The number of anilines is 2. The van der Waals surface area contributed by atoms with Crippen molar-refractivity contribution in [1.29, 1.82) is 0 Å². The maximum absolute atomic E-state index is 11.9. The third-order valence-electron chi connectivity index (χ3n) is 3.07. The fourth-order valence-corrected chi connectivity index (χ4v) is 2.55. The Kier molecular flexibility index (Phi) is 7.82. The normalized spacial score (nSPS) is 10.9. The van der Waals surface area contributed by atoms with E-state index in [0.717, 1.165) is 13.1 Å². The second kappa shape index (κ2) is 9.10. The second-order valence-corrected chi connectivity index (χ2v) is 5.48. The Morgan fingerprint density at radius 2 is 1.95 bits per heavy atom. The van der Waals surface area contributed by atoms with Gasteiger partial charge in [-0.15, -0.1) is 0 Å². The number of carbonyl (C=O) groups is 1. The number of nitrogens with zero attached hydrogens (tertiary/aromatic N) is 1. The van der Waals surface area contributed by atoms with Crippen LogP contribution in [0.15, 0.2) is 12.1 Å². The van der Waals surface area contributed by atoms with Crippen LogP contribution in [0.3, 0.4) is 0 Å². The summed E-state index contributed by atoms with van der Waals surface area (Å²) in [7, 11) is 0. The summed E-state index contributed by atoms with van der Waals surface area (Å²) in [6.45, 7) is 4.36. The van der Waals surface area contributed by atoms with Crippen LogP contribution >= 0.6 is 23.2 Å². The lowest BCUT2D eigenvalue weighted by atomic mass is 10.2. The Labute approximate surface area is 135 Å². The number of nitrogens with one attached hydrogen (secondary N) is 1. The number of amides is 1. The molecule has 4 N–H and O–H groups in total. The van der Waals surface area contributed by atoms with Gasteiger partial charge >= 0.3 is 0 Å². The van der Waals surface area contributed by atoms with E-state index < -0.39 is 0 Å². The molecule has 0 unspecified atom stereocenters. The summed E-state index contributed by atoms with van der Waals surface area (Å²) >= 11 is 12.0. The van der Waals surface area contributed by atoms with Crippen molar-refractivity contribution in [3.63, 3.8) is 0 Å². The molecule has 118 valence electrons. The van der Waals surface area contributed by atoms with Gasteiger partial charge in [0.1, 0.15) is 0 Å². The zero-order valence-electron chi connectivity index (χ0n) is 12.0. The van der Waals surface area contributed by atoms with Gasteiger partial charge in [0.15, 0.2) is 0 Å². The maximum Gasteiger partial charge on any atom is 0.224 e. The van der Waals surface area contributed by atoms with Crippen LogP contribution in [0.4, 0.5) is 11.4 Å². The Balaban J connectivity index is 2.48. The van der Waals surface area contributed by atoms with Crippen LogP contribution in [0.25, 0.3) is 0 Å². The van der Waals surface area contributed by atoms with E-state index in [2.05, 4.69) is 10.2 Å². The molecule has 0 aliphatic rings. The van der Waals surface area contributed by atoms with Crippen LogP contribution in [0.1, 0.15) is 19.8 Å². The number of aliphatic hydroxyl groups is 1. The quantitative estimate of drug-likeness (QED) is 0.639. The van der Waals surface area contributed by atoms with E-state index in [9.17, 15) is 4.79 Å². The van der Waals surface area contributed by atoms with Crippen LogP contribution < -0.4 is 11.1 Å². The molecule has 7 heteroatoms. The van der Waals surface area contributed by atoms with Crippen molar-refractivity contribution in [2.24, 2.45) is 0 Å². The number of rotatable bonds is 8. The Morgan fingerprint density at radius 1 is 1.33 bits per heavy atom. The summed E-state index contributed by atoms with van der Waals surface area (Å²) in [5.74, 6) is -0.149. The number of aliphatic hydroxyl groups excluding tert-OH is 1. The third kappa shape index (κ3) is 6.09. The highest BCUT2D eigenvalue weighted by Crippen LogP contribution is 2.32. The van der Waals surface area contributed by atoms with Gasteiger partial charge in [0, 0.05) is 18.7 Å².